The maximum Gasteiger partial charge on any atom is 0.241 e. The van der Waals surface area contributed by atoms with Gasteiger partial charge in [0.05, 0.1) is 0 Å². The minimum atomic E-state index is -0.394. The monoisotopic (exact) mass is 336 g/mol. The summed E-state index contributed by atoms with van der Waals surface area (Å²) in [5.41, 5.74) is 0.804. The minimum absolute atomic E-state index is 0.0371. The molecule has 0 bridgehead atoms. The van der Waals surface area contributed by atoms with E-state index >= 15 is 0 Å². The average molecular weight is 336 g/mol. The van der Waals surface area contributed by atoms with Crippen molar-refractivity contribution in [1.29, 1.82) is 0 Å². The molecular formula is C18H29FN4O. The molecule has 24 heavy (non-hydrogen) atoms. The number of likely N-dealkylation sites (N-methyl/N-ethyl adjacent to an activating group) is 2. The second-order valence-corrected chi connectivity index (χ2v) is 6.71. The maximum absolute atomic E-state index is 13.1. The highest BCUT2D eigenvalue weighted by Crippen LogP contribution is 2.18. The molecule has 0 aliphatic carbocycles. The number of amides is 1. The lowest BCUT2D eigenvalue weighted by Crippen LogP contribution is -2.45. The zero-order valence-corrected chi connectivity index (χ0v) is 15.0. The van der Waals surface area contributed by atoms with Gasteiger partial charge in [-0.15, -0.1) is 0 Å². The predicted octanol–water partition coefficient (Wildman–Crippen LogP) is 1.18. The van der Waals surface area contributed by atoms with E-state index in [0.717, 1.165) is 44.7 Å². The number of carbonyl (C=O) groups is 1. The third-order valence-electron chi connectivity index (χ3n) is 4.50. The van der Waals surface area contributed by atoms with Gasteiger partial charge in [-0.05, 0) is 51.8 Å². The highest BCUT2D eigenvalue weighted by molar-refractivity contribution is 5.83. The molecule has 134 valence electrons. The smallest absolute Gasteiger partial charge is 0.241 e. The molecule has 1 amide bonds. The molecule has 0 saturated carbocycles. The number of hydrogen-bond donors (Lipinski definition) is 1. The summed E-state index contributed by atoms with van der Waals surface area (Å²) >= 11 is 0. The second kappa shape index (κ2) is 9.11. The SMILES string of the molecule is CN1CCN(CCCNC(=O)[C@H](c2ccc(F)cc2)N(C)C)CC1. The number of hydrogen-bond acceptors (Lipinski definition) is 4. The summed E-state index contributed by atoms with van der Waals surface area (Å²) in [5, 5.41) is 3.01. The van der Waals surface area contributed by atoms with Gasteiger partial charge in [0.1, 0.15) is 11.9 Å². The van der Waals surface area contributed by atoms with Crippen LogP contribution in [0.2, 0.25) is 0 Å². The van der Waals surface area contributed by atoms with Crippen molar-refractivity contribution in [2.24, 2.45) is 0 Å². The van der Waals surface area contributed by atoms with E-state index in [2.05, 4.69) is 22.2 Å². The van der Waals surface area contributed by atoms with Crippen LogP contribution in [0.3, 0.4) is 0 Å². The van der Waals surface area contributed by atoms with Gasteiger partial charge in [0, 0.05) is 32.7 Å². The fourth-order valence-electron chi connectivity index (χ4n) is 3.01. The third kappa shape index (κ3) is 5.54. The Morgan fingerprint density at radius 2 is 1.83 bits per heavy atom. The van der Waals surface area contributed by atoms with Crippen molar-refractivity contribution >= 4 is 5.91 Å². The first-order valence-corrected chi connectivity index (χ1v) is 8.58. The van der Waals surface area contributed by atoms with Gasteiger partial charge in [-0.1, -0.05) is 12.1 Å². The van der Waals surface area contributed by atoms with Gasteiger partial charge < -0.3 is 15.1 Å². The number of nitrogens with one attached hydrogen (secondary N) is 1. The Morgan fingerprint density at radius 3 is 2.42 bits per heavy atom. The van der Waals surface area contributed by atoms with Crippen molar-refractivity contribution < 1.29 is 9.18 Å². The minimum Gasteiger partial charge on any atom is -0.354 e. The molecule has 1 N–H and O–H groups in total. The van der Waals surface area contributed by atoms with Crippen molar-refractivity contribution in [1.82, 2.24) is 20.0 Å². The number of halogens is 1. The Balaban J connectivity index is 1.78. The number of benzene rings is 1. The first-order valence-electron chi connectivity index (χ1n) is 8.58. The van der Waals surface area contributed by atoms with Gasteiger partial charge in [0.25, 0.3) is 0 Å². The summed E-state index contributed by atoms with van der Waals surface area (Å²) < 4.78 is 13.1. The molecule has 1 aromatic rings. The van der Waals surface area contributed by atoms with Crippen LogP contribution in [-0.4, -0.2) is 81.0 Å². The van der Waals surface area contributed by atoms with Crippen LogP contribution in [0.1, 0.15) is 18.0 Å². The van der Waals surface area contributed by atoms with Crippen LogP contribution in [0.4, 0.5) is 4.39 Å². The van der Waals surface area contributed by atoms with E-state index in [1.165, 1.54) is 12.1 Å². The molecule has 1 heterocycles. The Labute approximate surface area is 144 Å². The van der Waals surface area contributed by atoms with Crippen molar-refractivity contribution in [3.63, 3.8) is 0 Å². The molecule has 1 atom stereocenters. The van der Waals surface area contributed by atoms with Crippen LogP contribution < -0.4 is 5.32 Å². The van der Waals surface area contributed by atoms with Gasteiger partial charge in [0.15, 0.2) is 0 Å². The molecule has 1 saturated heterocycles. The highest BCUT2D eigenvalue weighted by Gasteiger charge is 2.22. The van der Waals surface area contributed by atoms with Crippen LogP contribution in [0.15, 0.2) is 24.3 Å². The van der Waals surface area contributed by atoms with Crippen LogP contribution in [-0.2, 0) is 4.79 Å². The highest BCUT2D eigenvalue weighted by atomic mass is 19.1. The van der Waals surface area contributed by atoms with E-state index in [1.54, 1.807) is 12.1 Å². The largest absolute Gasteiger partial charge is 0.354 e. The molecule has 1 aliphatic rings. The topological polar surface area (TPSA) is 38.8 Å². The summed E-state index contributed by atoms with van der Waals surface area (Å²) in [6, 6.07) is 5.74. The van der Waals surface area contributed by atoms with Crippen LogP contribution >= 0.6 is 0 Å². The molecule has 0 aromatic heterocycles. The third-order valence-corrected chi connectivity index (χ3v) is 4.50. The second-order valence-electron chi connectivity index (χ2n) is 6.71. The molecule has 1 fully saturated rings. The lowest BCUT2D eigenvalue weighted by atomic mass is 10.1. The van der Waals surface area contributed by atoms with E-state index < -0.39 is 6.04 Å². The quantitative estimate of drug-likeness (QED) is 0.759. The van der Waals surface area contributed by atoms with Crippen molar-refractivity contribution in [3.05, 3.63) is 35.6 Å². The van der Waals surface area contributed by atoms with Crippen molar-refractivity contribution in [2.75, 3.05) is 60.4 Å². The standard InChI is InChI=1S/C18H29FN4O/c1-21(2)17(15-5-7-16(19)8-6-15)18(24)20-9-4-10-23-13-11-22(3)12-14-23/h5-8,17H,4,9-14H2,1-3H3,(H,20,24)/t17-/m0/s1. The fraction of sp³-hybridized carbons (Fsp3) is 0.611. The summed E-state index contributed by atoms with van der Waals surface area (Å²) in [5.74, 6) is -0.325. The van der Waals surface area contributed by atoms with Gasteiger partial charge >= 0.3 is 0 Å². The molecule has 5 nitrogen and oxygen atoms in total. The molecule has 2 rings (SSSR count). The molecule has 0 unspecified atom stereocenters. The number of carbonyl (C=O) groups excluding carboxylic acids is 1. The molecular weight excluding hydrogens is 307 g/mol. The Morgan fingerprint density at radius 1 is 1.21 bits per heavy atom. The van der Waals surface area contributed by atoms with E-state index in [4.69, 9.17) is 0 Å². The number of piperazine rings is 1. The predicted molar refractivity (Wildman–Crippen MR) is 94.4 cm³/mol. The van der Waals surface area contributed by atoms with Gasteiger partial charge in [0.2, 0.25) is 5.91 Å². The van der Waals surface area contributed by atoms with Gasteiger partial charge in [-0.2, -0.15) is 0 Å². The van der Waals surface area contributed by atoms with Crippen LogP contribution in [0.25, 0.3) is 0 Å². The summed E-state index contributed by atoms with van der Waals surface area (Å²) in [7, 11) is 5.87. The van der Waals surface area contributed by atoms with E-state index in [1.807, 2.05) is 19.0 Å². The van der Waals surface area contributed by atoms with Crippen molar-refractivity contribution in [3.8, 4) is 0 Å². The molecule has 6 heteroatoms. The maximum atomic E-state index is 13.1. The molecule has 0 radical (unpaired) electrons. The first kappa shape index (κ1) is 18.8. The Bertz CT molecular complexity index is 512. The normalized spacial score (nSPS) is 17.9. The summed E-state index contributed by atoms with van der Waals surface area (Å²) in [6.07, 6.45) is 0.943. The van der Waals surface area contributed by atoms with E-state index in [0.29, 0.717) is 6.54 Å². The van der Waals surface area contributed by atoms with E-state index in [-0.39, 0.29) is 11.7 Å². The summed E-state index contributed by atoms with van der Waals surface area (Å²) in [4.78, 5) is 19.1. The zero-order chi connectivity index (χ0) is 17.5. The lowest BCUT2D eigenvalue weighted by Gasteiger charge is -2.32. The molecule has 0 spiro atoms. The van der Waals surface area contributed by atoms with Crippen LogP contribution in [0.5, 0.6) is 0 Å². The van der Waals surface area contributed by atoms with Gasteiger partial charge in [-0.3, -0.25) is 9.69 Å². The summed E-state index contributed by atoms with van der Waals surface area (Å²) in [6.45, 7) is 6.09. The number of rotatable bonds is 7. The average Bonchev–Trinajstić information content (AvgIpc) is 2.55. The first-order chi connectivity index (χ1) is 11.5. The Kier molecular flexibility index (Phi) is 7.15. The Hall–Kier alpha value is -1.50. The lowest BCUT2D eigenvalue weighted by molar-refractivity contribution is -0.125. The van der Waals surface area contributed by atoms with Crippen LogP contribution in [0, 0.1) is 5.82 Å². The molecule has 1 aromatic carbocycles. The fourth-order valence-corrected chi connectivity index (χ4v) is 3.01. The van der Waals surface area contributed by atoms with E-state index in [9.17, 15) is 9.18 Å². The zero-order valence-electron chi connectivity index (χ0n) is 15.0. The molecule has 1 aliphatic heterocycles. The van der Waals surface area contributed by atoms with Gasteiger partial charge in [-0.25, -0.2) is 4.39 Å². The number of nitrogens with zero attached hydrogens (tertiary/aromatic N) is 3. The van der Waals surface area contributed by atoms with Crippen molar-refractivity contribution in [2.45, 2.75) is 12.5 Å².